The first kappa shape index (κ1) is 21.3. The molecule has 9 heteroatoms. The van der Waals surface area contributed by atoms with Gasteiger partial charge in [0.25, 0.3) is 5.91 Å². The largest absolute Gasteiger partial charge is 0.349 e. The number of nitrogens with zero attached hydrogens (tertiary/aromatic N) is 4. The number of amides is 2. The molecular weight excluding hydrogens is 424 g/mol. The van der Waals surface area contributed by atoms with Crippen molar-refractivity contribution in [1.82, 2.24) is 20.1 Å². The lowest BCUT2D eigenvalue weighted by Crippen LogP contribution is -2.34. The zero-order valence-electron chi connectivity index (χ0n) is 18.4. The van der Waals surface area contributed by atoms with E-state index in [0.717, 1.165) is 55.8 Å². The number of nitrogens with one attached hydrogen (secondary N) is 2. The lowest BCUT2D eigenvalue weighted by atomic mass is 10.00. The number of carbonyl (C=O) groups excluding carboxylic acids is 2. The summed E-state index contributed by atoms with van der Waals surface area (Å²) in [6.45, 7) is 4.32. The minimum atomic E-state index is -0.152. The standard InChI is InChI=1S/C23H30N6O2S/c1-15-10-12-28(13-11-15)22-26-27-23(29(22)17-8-9-17)32-14-20(30)25-19-5-3-2-4-18(19)21(31)24-16-6-7-16/h2-5,15-17H,6-14H2,1H3,(H,24,31)(H,25,30). The van der Waals surface area contributed by atoms with E-state index in [-0.39, 0.29) is 23.6 Å². The Hall–Kier alpha value is -2.55. The quantitative estimate of drug-likeness (QED) is 0.594. The summed E-state index contributed by atoms with van der Waals surface area (Å²) in [5, 5.41) is 15.6. The number of anilines is 2. The highest BCUT2D eigenvalue weighted by Gasteiger charge is 2.33. The van der Waals surface area contributed by atoms with Crippen LogP contribution >= 0.6 is 11.8 Å². The fourth-order valence-electron chi connectivity index (χ4n) is 4.04. The van der Waals surface area contributed by atoms with E-state index < -0.39 is 0 Å². The molecule has 1 aromatic carbocycles. The van der Waals surface area contributed by atoms with E-state index in [0.29, 0.717) is 17.3 Å². The van der Waals surface area contributed by atoms with Crippen molar-refractivity contribution >= 4 is 35.2 Å². The normalized spacial score (nSPS) is 19.1. The van der Waals surface area contributed by atoms with Gasteiger partial charge in [0, 0.05) is 25.2 Å². The summed E-state index contributed by atoms with van der Waals surface area (Å²) in [6.07, 6.45) is 6.68. The predicted molar refractivity (Wildman–Crippen MR) is 125 cm³/mol. The zero-order chi connectivity index (χ0) is 22.1. The Morgan fingerprint density at radius 3 is 2.53 bits per heavy atom. The van der Waals surface area contributed by atoms with Gasteiger partial charge in [0.15, 0.2) is 5.16 Å². The minimum Gasteiger partial charge on any atom is -0.349 e. The fraction of sp³-hybridized carbons (Fsp3) is 0.565. The van der Waals surface area contributed by atoms with Gasteiger partial charge in [0.2, 0.25) is 11.9 Å². The number of thioether (sulfide) groups is 1. The van der Waals surface area contributed by atoms with E-state index in [1.54, 1.807) is 12.1 Å². The van der Waals surface area contributed by atoms with Crippen LogP contribution in [-0.2, 0) is 4.79 Å². The second-order valence-corrected chi connectivity index (χ2v) is 10.1. The molecule has 8 nitrogen and oxygen atoms in total. The van der Waals surface area contributed by atoms with E-state index in [1.807, 2.05) is 12.1 Å². The second kappa shape index (κ2) is 9.13. The predicted octanol–water partition coefficient (Wildman–Crippen LogP) is 3.47. The van der Waals surface area contributed by atoms with Crippen LogP contribution in [0.4, 0.5) is 11.6 Å². The van der Waals surface area contributed by atoms with Crippen molar-refractivity contribution in [3.8, 4) is 0 Å². The molecule has 2 heterocycles. The number of aromatic nitrogens is 3. The fourth-order valence-corrected chi connectivity index (χ4v) is 4.84. The lowest BCUT2D eigenvalue weighted by Gasteiger charge is -2.31. The monoisotopic (exact) mass is 454 g/mol. The van der Waals surface area contributed by atoms with Gasteiger partial charge >= 0.3 is 0 Å². The molecule has 3 fully saturated rings. The van der Waals surface area contributed by atoms with Gasteiger partial charge in [-0.25, -0.2) is 0 Å². The molecule has 0 spiro atoms. The number of carbonyl (C=O) groups is 2. The molecule has 2 aromatic rings. The summed E-state index contributed by atoms with van der Waals surface area (Å²) < 4.78 is 2.23. The molecule has 3 aliphatic rings. The molecule has 32 heavy (non-hydrogen) atoms. The Morgan fingerprint density at radius 1 is 1.06 bits per heavy atom. The van der Waals surface area contributed by atoms with Gasteiger partial charge in [-0.05, 0) is 56.6 Å². The summed E-state index contributed by atoms with van der Waals surface area (Å²) >= 11 is 1.41. The smallest absolute Gasteiger partial charge is 0.253 e. The van der Waals surface area contributed by atoms with Crippen molar-refractivity contribution in [3.63, 3.8) is 0 Å². The van der Waals surface area contributed by atoms with Crippen LogP contribution in [0.2, 0.25) is 0 Å². The van der Waals surface area contributed by atoms with Crippen LogP contribution in [0.1, 0.15) is 61.8 Å². The Labute approximate surface area is 192 Å². The minimum absolute atomic E-state index is 0.134. The van der Waals surface area contributed by atoms with Gasteiger partial charge in [-0.3, -0.25) is 14.2 Å². The number of piperidine rings is 1. The summed E-state index contributed by atoms with van der Waals surface area (Å²) in [4.78, 5) is 27.5. The third-order valence-corrected chi connectivity index (χ3v) is 7.26. The maximum Gasteiger partial charge on any atom is 0.253 e. The van der Waals surface area contributed by atoms with Crippen molar-refractivity contribution in [1.29, 1.82) is 0 Å². The first-order valence-corrected chi connectivity index (χ1v) is 12.6. The van der Waals surface area contributed by atoms with Crippen LogP contribution < -0.4 is 15.5 Å². The molecule has 0 atom stereocenters. The zero-order valence-corrected chi connectivity index (χ0v) is 19.2. The average Bonchev–Trinajstić information content (AvgIpc) is 3.73. The van der Waals surface area contributed by atoms with Crippen LogP contribution in [0.3, 0.4) is 0 Å². The highest BCUT2D eigenvalue weighted by Crippen LogP contribution is 2.41. The number of para-hydroxylation sites is 1. The molecule has 5 rings (SSSR count). The molecule has 1 saturated heterocycles. The number of rotatable bonds is 8. The van der Waals surface area contributed by atoms with Crippen molar-refractivity contribution < 1.29 is 9.59 Å². The van der Waals surface area contributed by atoms with E-state index in [9.17, 15) is 9.59 Å². The second-order valence-electron chi connectivity index (χ2n) is 9.18. The van der Waals surface area contributed by atoms with Gasteiger partial charge in [0.1, 0.15) is 0 Å². The number of hydrogen-bond acceptors (Lipinski definition) is 6. The molecule has 1 aromatic heterocycles. The number of hydrogen-bond donors (Lipinski definition) is 2. The van der Waals surface area contributed by atoms with Crippen LogP contribution in [0.25, 0.3) is 0 Å². The summed E-state index contributed by atoms with van der Waals surface area (Å²) in [5.41, 5.74) is 1.04. The Morgan fingerprint density at radius 2 is 1.81 bits per heavy atom. The summed E-state index contributed by atoms with van der Waals surface area (Å²) in [7, 11) is 0. The molecule has 170 valence electrons. The van der Waals surface area contributed by atoms with Crippen LogP contribution in [-0.4, -0.2) is 51.5 Å². The van der Waals surface area contributed by atoms with E-state index >= 15 is 0 Å². The van der Waals surface area contributed by atoms with Crippen LogP contribution in [0.5, 0.6) is 0 Å². The van der Waals surface area contributed by atoms with Gasteiger partial charge in [-0.15, -0.1) is 10.2 Å². The SMILES string of the molecule is CC1CCN(c2nnc(SCC(=O)Nc3ccccc3C(=O)NC3CC3)n2C2CC2)CC1. The Balaban J connectivity index is 1.23. The third-order valence-electron chi connectivity index (χ3n) is 6.32. The molecule has 2 amide bonds. The summed E-state index contributed by atoms with van der Waals surface area (Å²) in [6, 6.07) is 7.87. The topological polar surface area (TPSA) is 92.2 Å². The van der Waals surface area contributed by atoms with Crippen molar-refractivity contribution in [2.24, 2.45) is 5.92 Å². The highest BCUT2D eigenvalue weighted by molar-refractivity contribution is 7.99. The first-order chi connectivity index (χ1) is 15.6. The lowest BCUT2D eigenvalue weighted by molar-refractivity contribution is -0.113. The van der Waals surface area contributed by atoms with E-state index in [2.05, 4.69) is 37.2 Å². The van der Waals surface area contributed by atoms with Crippen molar-refractivity contribution in [2.45, 2.75) is 62.7 Å². The maximum atomic E-state index is 12.7. The van der Waals surface area contributed by atoms with Crippen molar-refractivity contribution in [2.75, 3.05) is 29.1 Å². The van der Waals surface area contributed by atoms with Gasteiger partial charge in [-0.1, -0.05) is 30.8 Å². The molecule has 1 aliphatic heterocycles. The van der Waals surface area contributed by atoms with E-state index in [1.165, 1.54) is 24.6 Å². The van der Waals surface area contributed by atoms with E-state index in [4.69, 9.17) is 0 Å². The summed E-state index contributed by atoms with van der Waals surface area (Å²) in [5.74, 6) is 1.64. The Kier molecular flexibility index (Phi) is 6.08. The van der Waals surface area contributed by atoms with Gasteiger partial charge < -0.3 is 15.5 Å². The Bertz CT molecular complexity index is 992. The maximum absolute atomic E-state index is 12.7. The van der Waals surface area contributed by atoms with Crippen LogP contribution in [0.15, 0.2) is 29.4 Å². The molecular formula is C23H30N6O2S. The van der Waals surface area contributed by atoms with Crippen LogP contribution in [0, 0.1) is 5.92 Å². The molecule has 0 radical (unpaired) electrons. The molecule has 2 aliphatic carbocycles. The average molecular weight is 455 g/mol. The van der Waals surface area contributed by atoms with Crippen molar-refractivity contribution in [3.05, 3.63) is 29.8 Å². The molecule has 2 saturated carbocycles. The van der Waals surface area contributed by atoms with Gasteiger partial charge in [0.05, 0.1) is 17.0 Å². The molecule has 2 N–H and O–H groups in total. The number of benzene rings is 1. The highest BCUT2D eigenvalue weighted by atomic mass is 32.2. The third kappa shape index (κ3) is 4.92. The molecule has 0 unspecified atom stereocenters. The molecule has 0 bridgehead atoms. The van der Waals surface area contributed by atoms with Gasteiger partial charge in [-0.2, -0.15) is 0 Å². The first-order valence-electron chi connectivity index (χ1n) is 11.6.